The van der Waals surface area contributed by atoms with E-state index in [2.05, 4.69) is 10.6 Å². The number of hydrogen-bond acceptors (Lipinski definition) is 4. The smallest absolute Gasteiger partial charge is 0.266 e. The first-order valence-corrected chi connectivity index (χ1v) is 16.3. The summed E-state index contributed by atoms with van der Waals surface area (Å²) in [6, 6.07) is 12.9. The molecular weight excluding hydrogens is 650 g/mol. The largest absolute Gasteiger partial charge is 0.365 e. The second-order valence-corrected chi connectivity index (χ2v) is 14.4. The molecule has 3 aromatic carbocycles. The molecule has 248 valence electrons. The van der Waals surface area contributed by atoms with E-state index < -0.39 is 29.3 Å². The lowest BCUT2D eigenvalue weighted by Gasteiger charge is -2.24. The molecule has 0 atom stereocenters. The molecule has 1 aromatic heterocycles. The minimum atomic E-state index is -2.88. The Balaban J connectivity index is 1.34. The Morgan fingerprint density at radius 3 is 2.34 bits per heavy atom. The average molecular weight is 687 g/mol. The van der Waals surface area contributed by atoms with Gasteiger partial charge in [-0.3, -0.25) is 9.59 Å². The molecule has 12 heteroatoms. The van der Waals surface area contributed by atoms with Gasteiger partial charge in [-0.05, 0) is 59.9 Å². The number of carbonyl (C=O) groups is 2. The Labute approximate surface area is 281 Å². The number of nitrogens with one attached hydrogen (secondary N) is 2. The highest BCUT2D eigenvalue weighted by Crippen LogP contribution is 2.46. The molecule has 2 aliphatic rings. The second kappa shape index (κ2) is 12.0. The van der Waals surface area contributed by atoms with E-state index in [-0.39, 0.29) is 43.2 Å². The molecule has 0 bridgehead atoms. The van der Waals surface area contributed by atoms with Crippen LogP contribution >= 0.6 is 23.2 Å². The van der Waals surface area contributed by atoms with Crippen molar-refractivity contribution in [3.8, 4) is 0 Å². The zero-order valence-electron chi connectivity index (χ0n) is 26.6. The van der Waals surface area contributed by atoms with Crippen molar-refractivity contribution in [3.05, 3.63) is 92.5 Å². The molecular formula is C35H36Cl2F3N5O2. The van der Waals surface area contributed by atoms with Gasteiger partial charge < -0.3 is 20.1 Å². The third kappa shape index (κ3) is 6.67. The lowest BCUT2D eigenvalue weighted by Crippen LogP contribution is -2.36. The maximum atomic E-state index is 14.4. The minimum Gasteiger partial charge on any atom is -0.365 e. The van der Waals surface area contributed by atoms with E-state index in [0.717, 1.165) is 5.56 Å². The van der Waals surface area contributed by atoms with Gasteiger partial charge in [0.15, 0.2) is 0 Å². The van der Waals surface area contributed by atoms with Gasteiger partial charge in [0.25, 0.3) is 11.8 Å². The first-order chi connectivity index (χ1) is 22.1. The lowest BCUT2D eigenvalue weighted by molar-refractivity contribution is -0.128. The number of carbonyl (C=O) groups excluding carboxylic acids is 2. The quantitative estimate of drug-likeness (QED) is 0.201. The van der Waals surface area contributed by atoms with Gasteiger partial charge in [0.2, 0.25) is 5.91 Å². The molecule has 2 fully saturated rings. The van der Waals surface area contributed by atoms with Crippen molar-refractivity contribution < 1.29 is 22.8 Å². The van der Waals surface area contributed by atoms with Crippen LogP contribution in [0.5, 0.6) is 0 Å². The molecule has 2 amide bonds. The highest BCUT2D eigenvalue weighted by Gasteiger charge is 2.46. The molecule has 7 nitrogen and oxygen atoms in total. The highest BCUT2D eigenvalue weighted by atomic mass is 35.5. The number of aromatic nitrogens is 2. The summed E-state index contributed by atoms with van der Waals surface area (Å²) in [5.74, 6) is -3.18. The van der Waals surface area contributed by atoms with Crippen LogP contribution in [0.4, 0.5) is 18.9 Å². The van der Waals surface area contributed by atoms with Crippen molar-refractivity contribution in [1.82, 2.24) is 20.2 Å². The molecule has 2 heterocycles. The van der Waals surface area contributed by atoms with E-state index in [1.54, 1.807) is 41.3 Å². The summed E-state index contributed by atoms with van der Waals surface area (Å²) >= 11 is 13.4. The van der Waals surface area contributed by atoms with Gasteiger partial charge in [-0.1, -0.05) is 62.2 Å². The summed E-state index contributed by atoms with van der Waals surface area (Å²) in [6.07, 6.45) is 1.29. The van der Waals surface area contributed by atoms with Gasteiger partial charge in [-0.25, -0.2) is 18.2 Å². The van der Waals surface area contributed by atoms with Gasteiger partial charge in [0, 0.05) is 43.4 Å². The van der Waals surface area contributed by atoms with Crippen LogP contribution < -0.4 is 15.5 Å². The summed E-state index contributed by atoms with van der Waals surface area (Å²) < 4.78 is 44.3. The molecule has 1 aliphatic heterocycles. The molecule has 0 spiro atoms. The maximum Gasteiger partial charge on any atom is 0.266 e. The van der Waals surface area contributed by atoms with Crippen LogP contribution in [0.15, 0.2) is 48.5 Å². The SMILES string of the molecule is Cn1c(Cc2c(Cl)ccc(CNC(=O)C(C)(C)C)c2Cl)nc2cc(C(=O)NC3(c4ccc(F)cc4)CC3)c(N3CCC(F)(F)C3)cc21. The van der Waals surface area contributed by atoms with E-state index in [4.69, 9.17) is 28.2 Å². The molecule has 6 rings (SSSR count). The molecule has 1 saturated heterocycles. The third-order valence-corrected chi connectivity index (χ3v) is 9.89. The van der Waals surface area contributed by atoms with Crippen LogP contribution in [-0.2, 0) is 30.3 Å². The van der Waals surface area contributed by atoms with E-state index in [1.807, 2.05) is 32.4 Å². The van der Waals surface area contributed by atoms with E-state index in [0.29, 0.717) is 56.6 Å². The number of halogens is 5. The Morgan fingerprint density at radius 1 is 1.02 bits per heavy atom. The number of alkyl halides is 2. The topological polar surface area (TPSA) is 79.3 Å². The predicted molar refractivity (Wildman–Crippen MR) is 178 cm³/mol. The zero-order chi connectivity index (χ0) is 33.9. The van der Waals surface area contributed by atoms with E-state index in [9.17, 15) is 22.8 Å². The van der Waals surface area contributed by atoms with Crippen LogP contribution in [0, 0.1) is 11.2 Å². The number of rotatable bonds is 8. The molecule has 1 saturated carbocycles. The first-order valence-electron chi connectivity index (χ1n) is 15.5. The number of nitrogens with zero attached hydrogens (tertiary/aromatic N) is 3. The Morgan fingerprint density at radius 2 is 1.72 bits per heavy atom. The molecule has 0 radical (unpaired) electrons. The minimum absolute atomic E-state index is 0.0936. The number of imidazole rings is 1. The maximum absolute atomic E-state index is 14.4. The summed E-state index contributed by atoms with van der Waals surface area (Å²) in [4.78, 5) is 32.7. The summed E-state index contributed by atoms with van der Waals surface area (Å²) in [5.41, 5.74) is 2.70. The monoisotopic (exact) mass is 685 g/mol. The summed E-state index contributed by atoms with van der Waals surface area (Å²) in [7, 11) is 1.82. The average Bonchev–Trinajstić information content (AvgIpc) is 3.60. The van der Waals surface area contributed by atoms with Crippen molar-refractivity contribution in [1.29, 1.82) is 0 Å². The Hall–Kier alpha value is -3.76. The number of benzene rings is 3. The van der Waals surface area contributed by atoms with Crippen LogP contribution in [0.1, 0.15) is 72.9 Å². The third-order valence-electron chi connectivity index (χ3n) is 9.07. The van der Waals surface area contributed by atoms with Crippen molar-refractivity contribution in [3.63, 3.8) is 0 Å². The number of aryl methyl sites for hydroxylation is 1. The van der Waals surface area contributed by atoms with Crippen LogP contribution in [-0.4, -0.2) is 40.4 Å². The van der Waals surface area contributed by atoms with Gasteiger partial charge in [0.05, 0.1) is 39.4 Å². The van der Waals surface area contributed by atoms with Gasteiger partial charge in [-0.15, -0.1) is 0 Å². The Bertz CT molecular complexity index is 1880. The fourth-order valence-electron chi connectivity index (χ4n) is 6.03. The number of hydrogen-bond donors (Lipinski definition) is 2. The van der Waals surface area contributed by atoms with Crippen molar-refractivity contribution in [2.75, 3.05) is 18.0 Å². The molecule has 2 N–H and O–H groups in total. The van der Waals surface area contributed by atoms with Crippen molar-refractivity contribution in [2.24, 2.45) is 12.5 Å². The van der Waals surface area contributed by atoms with Crippen molar-refractivity contribution >= 4 is 51.7 Å². The molecule has 0 unspecified atom stereocenters. The van der Waals surface area contributed by atoms with Crippen LogP contribution in [0.2, 0.25) is 10.0 Å². The summed E-state index contributed by atoms with van der Waals surface area (Å²) in [6.45, 7) is 5.30. The van der Waals surface area contributed by atoms with Gasteiger partial charge >= 0.3 is 0 Å². The second-order valence-electron chi connectivity index (χ2n) is 13.6. The number of amides is 2. The lowest BCUT2D eigenvalue weighted by atomic mass is 9.95. The predicted octanol–water partition coefficient (Wildman–Crippen LogP) is 7.54. The molecule has 47 heavy (non-hydrogen) atoms. The van der Waals surface area contributed by atoms with Crippen LogP contribution in [0.3, 0.4) is 0 Å². The molecule has 1 aliphatic carbocycles. The van der Waals surface area contributed by atoms with E-state index >= 15 is 0 Å². The zero-order valence-corrected chi connectivity index (χ0v) is 28.1. The van der Waals surface area contributed by atoms with E-state index in [1.165, 1.54) is 12.1 Å². The van der Waals surface area contributed by atoms with Crippen LogP contribution in [0.25, 0.3) is 11.0 Å². The fourth-order valence-corrected chi connectivity index (χ4v) is 6.60. The van der Waals surface area contributed by atoms with Gasteiger partial charge in [-0.2, -0.15) is 0 Å². The summed E-state index contributed by atoms with van der Waals surface area (Å²) in [5, 5.41) is 6.86. The fraction of sp³-hybridized carbons (Fsp3) is 0.400. The number of anilines is 1. The normalized spacial score (nSPS) is 16.8. The Kier molecular flexibility index (Phi) is 8.49. The highest BCUT2D eigenvalue weighted by molar-refractivity contribution is 6.36. The molecule has 4 aromatic rings. The standard InChI is InChI=1S/C35H36Cl2F3N5O2/c1-33(2,3)32(47)41-18-20-5-10-25(36)23(30(20)37)16-29-42-26-15-24(27(17-28(26)44(29)4)45-14-13-35(39,40)19-45)31(46)43-34(11-12-34)21-6-8-22(38)9-7-21/h5-10,15,17H,11-14,16,18-19H2,1-4H3,(H,41,47)(H,43,46). The van der Waals surface area contributed by atoms with Gasteiger partial charge in [0.1, 0.15) is 11.6 Å². The van der Waals surface area contributed by atoms with Crippen molar-refractivity contribution in [2.45, 2.75) is 64.5 Å². The first kappa shape index (κ1) is 33.2. The number of fused-ring (bicyclic) bond motifs is 1.